The molecule has 1 amide bonds. The van der Waals surface area contributed by atoms with Crippen LogP contribution in [0.2, 0.25) is 0 Å². The molecule has 2 aromatic heterocycles. The van der Waals surface area contributed by atoms with Gasteiger partial charge in [0.1, 0.15) is 6.04 Å². The molecule has 0 aliphatic carbocycles. The molecule has 1 aliphatic heterocycles. The van der Waals surface area contributed by atoms with E-state index in [9.17, 15) is 9.59 Å². The van der Waals surface area contributed by atoms with Crippen LogP contribution >= 0.6 is 11.3 Å². The molecule has 0 N–H and O–H groups in total. The lowest BCUT2D eigenvalue weighted by Crippen LogP contribution is -2.51. The van der Waals surface area contributed by atoms with Crippen LogP contribution in [0.1, 0.15) is 36.2 Å². The van der Waals surface area contributed by atoms with Gasteiger partial charge in [-0.25, -0.2) is 4.68 Å². The van der Waals surface area contributed by atoms with Gasteiger partial charge in [0.2, 0.25) is 5.91 Å². The first-order valence-electron chi connectivity index (χ1n) is 11.9. The summed E-state index contributed by atoms with van der Waals surface area (Å²) in [6.07, 6.45) is 0.524. The molecule has 0 unspecified atom stereocenters. The van der Waals surface area contributed by atoms with Gasteiger partial charge in [-0.3, -0.25) is 9.59 Å². The molecule has 7 heteroatoms. The van der Waals surface area contributed by atoms with E-state index >= 15 is 0 Å². The second-order valence-electron chi connectivity index (χ2n) is 9.16. The van der Waals surface area contributed by atoms with Crippen LogP contribution in [0.3, 0.4) is 0 Å². The van der Waals surface area contributed by atoms with Gasteiger partial charge in [0, 0.05) is 42.0 Å². The molecule has 4 aromatic rings. The van der Waals surface area contributed by atoms with E-state index in [-0.39, 0.29) is 11.5 Å². The van der Waals surface area contributed by atoms with E-state index in [0.717, 1.165) is 33.6 Å². The largest absolute Gasteiger partial charge is 0.368 e. The number of piperazine rings is 1. The Bertz CT molecular complexity index is 1450. The van der Waals surface area contributed by atoms with Crippen LogP contribution in [-0.4, -0.2) is 46.8 Å². The van der Waals surface area contributed by atoms with Crippen molar-refractivity contribution in [2.75, 3.05) is 31.1 Å². The average Bonchev–Trinajstić information content (AvgIpc) is 3.25. The van der Waals surface area contributed by atoms with E-state index < -0.39 is 6.04 Å². The summed E-state index contributed by atoms with van der Waals surface area (Å²) in [4.78, 5) is 31.4. The summed E-state index contributed by atoms with van der Waals surface area (Å²) in [5, 5.41) is 6.24. The van der Waals surface area contributed by atoms with Crippen molar-refractivity contribution in [1.82, 2.24) is 14.7 Å². The van der Waals surface area contributed by atoms with Crippen molar-refractivity contribution in [2.45, 2.75) is 40.2 Å². The summed E-state index contributed by atoms with van der Waals surface area (Å²) in [6.45, 7) is 10.9. The second-order valence-corrected chi connectivity index (χ2v) is 10.2. The predicted octanol–water partition coefficient (Wildman–Crippen LogP) is 4.84. The zero-order valence-electron chi connectivity index (χ0n) is 20.2. The fourth-order valence-electron chi connectivity index (χ4n) is 4.98. The van der Waals surface area contributed by atoms with Crippen LogP contribution in [0.15, 0.2) is 47.3 Å². The highest BCUT2D eigenvalue weighted by molar-refractivity contribution is 7.26. The molecule has 5 rings (SSSR count). The number of benzene rings is 2. The van der Waals surface area contributed by atoms with Crippen molar-refractivity contribution in [2.24, 2.45) is 0 Å². The Balaban J connectivity index is 1.43. The van der Waals surface area contributed by atoms with Gasteiger partial charge in [-0.05, 0) is 50.5 Å². The van der Waals surface area contributed by atoms with Crippen LogP contribution in [-0.2, 0) is 4.79 Å². The first kappa shape index (κ1) is 22.6. The number of fused-ring (bicyclic) bond motifs is 3. The SMILES string of the molecule is CC[C@H](C(=O)N1CCN(c2cc(C)ccc2C)CC1)n1nc(C)c2sc3ccccc3c2c1=O. The summed E-state index contributed by atoms with van der Waals surface area (Å²) in [5.74, 6) is -0.0176. The third kappa shape index (κ3) is 3.78. The van der Waals surface area contributed by atoms with Crippen LogP contribution < -0.4 is 10.5 Å². The Morgan fingerprint density at radius 1 is 1.06 bits per heavy atom. The maximum absolute atomic E-state index is 13.6. The number of carbonyl (C=O) groups is 1. The Morgan fingerprint density at radius 2 is 1.79 bits per heavy atom. The van der Waals surface area contributed by atoms with Gasteiger partial charge >= 0.3 is 0 Å². The van der Waals surface area contributed by atoms with Gasteiger partial charge in [-0.15, -0.1) is 11.3 Å². The van der Waals surface area contributed by atoms with Gasteiger partial charge in [0.15, 0.2) is 0 Å². The summed E-state index contributed by atoms with van der Waals surface area (Å²) in [7, 11) is 0. The number of amides is 1. The fraction of sp³-hybridized carbons (Fsp3) is 0.370. The molecule has 0 radical (unpaired) electrons. The van der Waals surface area contributed by atoms with E-state index in [1.165, 1.54) is 21.5 Å². The fourth-order valence-corrected chi connectivity index (χ4v) is 6.12. The molecule has 3 heterocycles. The lowest BCUT2D eigenvalue weighted by molar-refractivity contribution is -0.135. The second kappa shape index (κ2) is 8.87. The zero-order chi connectivity index (χ0) is 24.0. The van der Waals surface area contributed by atoms with Gasteiger partial charge < -0.3 is 9.80 Å². The van der Waals surface area contributed by atoms with Crippen LogP contribution in [0, 0.1) is 20.8 Å². The molecule has 1 fully saturated rings. The molecule has 1 aliphatic rings. The van der Waals surface area contributed by atoms with E-state index in [2.05, 4.69) is 42.0 Å². The van der Waals surface area contributed by atoms with E-state index in [1.54, 1.807) is 11.3 Å². The van der Waals surface area contributed by atoms with E-state index in [1.807, 2.05) is 43.0 Å². The minimum atomic E-state index is -0.596. The summed E-state index contributed by atoms with van der Waals surface area (Å²) in [6, 6.07) is 13.8. The number of aryl methyl sites for hydroxylation is 3. The predicted molar refractivity (Wildman–Crippen MR) is 140 cm³/mol. The maximum Gasteiger partial charge on any atom is 0.276 e. The number of aromatic nitrogens is 2. The average molecular weight is 475 g/mol. The smallest absolute Gasteiger partial charge is 0.276 e. The molecular weight excluding hydrogens is 444 g/mol. The van der Waals surface area contributed by atoms with Gasteiger partial charge in [0.25, 0.3) is 5.56 Å². The standard InChI is InChI=1S/C27H30N4O2S/c1-5-21(26(32)30-14-12-29(13-15-30)22-16-17(2)10-11-18(22)3)31-27(33)24-20-8-6-7-9-23(20)34-25(24)19(4)28-31/h6-11,16,21H,5,12-15H2,1-4H3/t21-/m1/s1. The summed E-state index contributed by atoms with van der Waals surface area (Å²) in [5.41, 5.74) is 4.35. The summed E-state index contributed by atoms with van der Waals surface area (Å²) >= 11 is 1.59. The Kier molecular flexibility index (Phi) is 5.90. The van der Waals surface area contributed by atoms with Gasteiger partial charge in [0.05, 0.1) is 15.8 Å². The number of nitrogens with zero attached hydrogens (tertiary/aromatic N) is 4. The number of carbonyl (C=O) groups excluding carboxylic acids is 1. The first-order chi connectivity index (χ1) is 16.4. The highest BCUT2D eigenvalue weighted by Crippen LogP contribution is 2.33. The third-order valence-electron chi connectivity index (χ3n) is 6.87. The van der Waals surface area contributed by atoms with Gasteiger partial charge in [-0.1, -0.05) is 37.3 Å². The molecular formula is C27H30N4O2S. The van der Waals surface area contributed by atoms with Crippen LogP contribution in [0.25, 0.3) is 20.2 Å². The lowest BCUT2D eigenvalue weighted by Gasteiger charge is -2.38. The first-order valence-corrected chi connectivity index (χ1v) is 12.7. The van der Waals surface area contributed by atoms with Crippen molar-refractivity contribution < 1.29 is 4.79 Å². The number of hydrogen-bond acceptors (Lipinski definition) is 5. The highest BCUT2D eigenvalue weighted by atomic mass is 32.1. The molecule has 34 heavy (non-hydrogen) atoms. The number of anilines is 1. The van der Waals surface area contributed by atoms with Crippen molar-refractivity contribution in [3.05, 3.63) is 69.6 Å². The zero-order valence-corrected chi connectivity index (χ0v) is 21.0. The molecule has 176 valence electrons. The van der Waals surface area contributed by atoms with Crippen molar-refractivity contribution in [3.8, 4) is 0 Å². The van der Waals surface area contributed by atoms with Crippen LogP contribution in [0.5, 0.6) is 0 Å². The van der Waals surface area contributed by atoms with E-state index in [4.69, 9.17) is 0 Å². The quantitative estimate of drug-likeness (QED) is 0.425. The van der Waals surface area contributed by atoms with Crippen LogP contribution in [0.4, 0.5) is 5.69 Å². The minimum Gasteiger partial charge on any atom is -0.368 e. The van der Waals surface area contributed by atoms with Crippen molar-refractivity contribution in [3.63, 3.8) is 0 Å². The molecule has 1 atom stereocenters. The Morgan fingerprint density at radius 3 is 2.53 bits per heavy atom. The van der Waals surface area contributed by atoms with E-state index in [0.29, 0.717) is 24.9 Å². The normalized spacial score (nSPS) is 15.3. The topological polar surface area (TPSA) is 58.4 Å². The number of hydrogen-bond donors (Lipinski definition) is 0. The number of thiophene rings is 1. The minimum absolute atomic E-state index is 0.0176. The summed E-state index contributed by atoms with van der Waals surface area (Å²) < 4.78 is 3.42. The van der Waals surface area contributed by atoms with Crippen molar-refractivity contribution >= 4 is 43.1 Å². The molecule has 0 saturated carbocycles. The number of rotatable bonds is 4. The maximum atomic E-state index is 13.6. The molecule has 6 nitrogen and oxygen atoms in total. The monoisotopic (exact) mass is 474 g/mol. The highest BCUT2D eigenvalue weighted by Gasteiger charge is 2.30. The Hall–Kier alpha value is -3.19. The molecule has 1 saturated heterocycles. The van der Waals surface area contributed by atoms with Gasteiger partial charge in [-0.2, -0.15) is 5.10 Å². The molecule has 0 bridgehead atoms. The van der Waals surface area contributed by atoms with Crippen molar-refractivity contribution in [1.29, 1.82) is 0 Å². The third-order valence-corrected chi connectivity index (χ3v) is 8.15. The Labute approximate surface area is 203 Å². The lowest BCUT2D eigenvalue weighted by atomic mass is 10.1. The molecule has 2 aromatic carbocycles. The molecule has 0 spiro atoms.